The Bertz CT molecular complexity index is 627. The summed E-state index contributed by atoms with van der Waals surface area (Å²) < 4.78 is 5.07. The van der Waals surface area contributed by atoms with Gasteiger partial charge in [0.1, 0.15) is 18.0 Å². The first-order valence-corrected chi connectivity index (χ1v) is 9.19. The molecule has 134 valence electrons. The lowest BCUT2D eigenvalue weighted by Gasteiger charge is -2.33. The highest BCUT2D eigenvalue weighted by Crippen LogP contribution is 2.25. The molecule has 2 heterocycles. The van der Waals surface area contributed by atoms with E-state index in [9.17, 15) is 0 Å². The molecular formula is C20H28N4O. The largest absolute Gasteiger partial charge is 0.385 e. The molecule has 0 radical (unpaired) electrons. The van der Waals surface area contributed by atoms with Crippen molar-refractivity contribution in [3.63, 3.8) is 0 Å². The van der Waals surface area contributed by atoms with E-state index in [1.807, 2.05) is 0 Å². The minimum absolute atomic E-state index is 0.764. The number of hydrogen-bond donors (Lipinski definition) is 1. The molecule has 0 aliphatic carbocycles. The van der Waals surface area contributed by atoms with Crippen LogP contribution >= 0.6 is 0 Å². The summed E-state index contributed by atoms with van der Waals surface area (Å²) in [5.41, 5.74) is 1.45. The van der Waals surface area contributed by atoms with Crippen LogP contribution in [0.1, 0.15) is 24.8 Å². The number of aromatic nitrogens is 2. The Hall–Kier alpha value is -2.14. The average Bonchev–Trinajstić information content (AvgIpc) is 2.67. The highest BCUT2D eigenvalue weighted by Gasteiger charge is 2.20. The summed E-state index contributed by atoms with van der Waals surface area (Å²) in [6, 6.07) is 12.9. The summed E-state index contributed by atoms with van der Waals surface area (Å²) >= 11 is 0. The van der Waals surface area contributed by atoms with Crippen LogP contribution in [0.2, 0.25) is 0 Å². The van der Waals surface area contributed by atoms with E-state index in [1.54, 1.807) is 13.4 Å². The zero-order chi connectivity index (χ0) is 17.3. The van der Waals surface area contributed by atoms with Gasteiger partial charge in [0.2, 0.25) is 0 Å². The van der Waals surface area contributed by atoms with Gasteiger partial charge in [-0.1, -0.05) is 30.3 Å². The quantitative estimate of drug-likeness (QED) is 0.747. The first kappa shape index (κ1) is 17.7. The van der Waals surface area contributed by atoms with E-state index < -0.39 is 0 Å². The van der Waals surface area contributed by atoms with Gasteiger partial charge in [-0.2, -0.15) is 0 Å². The summed E-state index contributed by atoms with van der Waals surface area (Å²) in [5.74, 6) is 2.70. The van der Waals surface area contributed by atoms with Crippen molar-refractivity contribution < 1.29 is 4.74 Å². The van der Waals surface area contributed by atoms with Gasteiger partial charge in [0.15, 0.2) is 0 Å². The molecule has 2 aromatic rings. The van der Waals surface area contributed by atoms with Gasteiger partial charge in [0.25, 0.3) is 0 Å². The molecule has 0 spiro atoms. The van der Waals surface area contributed by atoms with E-state index in [4.69, 9.17) is 4.74 Å². The Morgan fingerprint density at radius 1 is 1.16 bits per heavy atom. The predicted molar refractivity (Wildman–Crippen MR) is 102 cm³/mol. The molecule has 3 rings (SSSR count). The van der Waals surface area contributed by atoms with Crippen molar-refractivity contribution in [1.29, 1.82) is 0 Å². The summed E-state index contributed by atoms with van der Waals surface area (Å²) in [5, 5.41) is 3.34. The second-order valence-electron chi connectivity index (χ2n) is 6.65. The van der Waals surface area contributed by atoms with Gasteiger partial charge in [-0.3, -0.25) is 0 Å². The molecule has 1 aliphatic heterocycles. The Kier molecular flexibility index (Phi) is 6.63. The van der Waals surface area contributed by atoms with Crippen molar-refractivity contribution in [2.45, 2.75) is 25.7 Å². The zero-order valence-electron chi connectivity index (χ0n) is 15.0. The van der Waals surface area contributed by atoms with E-state index >= 15 is 0 Å². The topological polar surface area (TPSA) is 50.3 Å². The number of rotatable bonds is 8. The van der Waals surface area contributed by atoms with E-state index in [1.165, 1.54) is 24.8 Å². The third-order valence-electron chi connectivity index (χ3n) is 4.79. The van der Waals surface area contributed by atoms with Gasteiger partial charge in [-0.05, 0) is 37.2 Å². The molecule has 5 nitrogen and oxygen atoms in total. The molecule has 0 atom stereocenters. The van der Waals surface area contributed by atoms with Crippen LogP contribution in [0.3, 0.4) is 0 Å². The third-order valence-corrected chi connectivity index (χ3v) is 4.79. The standard InChI is InChI=1S/C20H28N4O/c1-25-13-5-10-21-19-15-20(23-16-22-19)24-11-8-18(9-12-24)14-17-6-3-2-4-7-17/h2-4,6-7,15-16,18H,5,8-14H2,1H3,(H,21,22,23). The van der Waals surface area contributed by atoms with Crippen molar-refractivity contribution in [2.75, 3.05) is 43.6 Å². The van der Waals surface area contributed by atoms with E-state index in [0.717, 1.165) is 50.2 Å². The summed E-state index contributed by atoms with van der Waals surface area (Å²) in [6.45, 7) is 3.76. The van der Waals surface area contributed by atoms with Crippen LogP contribution in [-0.2, 0) is 11.2 Å². The van der Waals surface area contributed by atoms with E-state index in [-0.39, 0.29) is 0 Å². The first-order chi connectivity index (χ1) is 12.3. The minimum atomic E-state index is 0.764. The molecule has 25 heavy (non-hydrogen) atoms. The molecule has 1 aliphatic rings. The lowest BCUT2D eigenvalue weighted by Crippen LogP contribution is -2.34. The van der Waals surface area contributed by atoms with E-state index in [0.29, 0.717) is 0 Å². The van der Waals surface area contributed by atoms with Crippen molar-refractivity contribution in [1.82, 2.24) is 9.97 Å². The van der Waals surface area contributed by atoms with Crippen molar-refractivity contribution in [3.05, 3.63) is 48.3 Å². The number of ether oxygens (including phenoxy) is 1. The second kappa shape index (κ2) is 9.37. The van der Waals surface area contributed by atoms with Crippen LogP contribution in [-0.4, -0.2) is 43.3 Å². The lowest BCUT2D eigenvalue weighted by atomic mass is 9.90. The van der Waals surface area contributed by atoms with Crippen LogP contribution < -0.4 is 10.2 Å². The predicted octanol–water partition coefficient (Wildman–Crippen LogP) is 3.38. The Balaban J connectivity index is 1.49. The molecule has 0 unspecified atom stereocenters. The molecule has 1 aromatic carbocycles. The number of hydrogen-bond acceptors (Lipinski definition) is 5. The van der Waals surface area contributed by atoms with Gasteiger partial charge >= 0.3 is 0 Å². The van der Waals surface area contributed by atoms with Crippen molar-refractivity contribution in [3.8, 4) is 0 Å². The fourth-order valence-electron chi connectivity index (χ4n) is 3.36. The fraction of sp³-hybridized carbons (Fsp3) is 0.500. The SMILES string of the molecule is COCCCNc1cc(N2CCC(Cc3ccccc3)CC2)ncn1. The molecule has 1 aromatic heterocycles. The van der Waals surface area contributed by atoms with Crippen LogP contribution in [0.25, 0.3) is 0 Å². The summed E-state index contributed by atoms with van der Waals surface area (Å²) in [4.78, 5) is 11.2. The summed E-state index contributed by atoms with van der Waals surface area (Å²) in [6.07, 6.45) is 6.25. The van der Waals surface area contributed by atoms with Gasteiger partial charge in [0.05, 0.1) is 0 Å². The molecule has 5 heteroatoms. The van der Waals surface area contributed by atoms with Gasteiger partial charge in [-0.15, -0.1) is 0 Å². The Labute approximate surface area is 150 Å². The average molecular weight is 340 g/mol. The number of methoxy groups -OCH3 is 1. The van der Waals surface area contributed by atoms with Crippen molar-refractivity contribution >= 4 is 11.6 Å². The van der Waals surface area contributed by atoms with Gasteiger partial charge in [0, 0.05) is 39.4 Å². The maximum Gasteiger partial charge on any atom is 0.134 e. The molecular weight excluding hydrogens is 312 g/mol. The molecule has 1 fully saturated rings. The molecule has 0 bridgehead atoms. The van der Waals surface area contributed by atoms with Crippen LogP contribution in [0.5, 0.6) is 0 Å². The number of anilines is 2. The second-order valence-corrected chi connectivity index (χ2v) is 6.65. The van der Waals surface area contributed by atoms with Gasteiger partial charge < -0.3 is 15.0 Å². The maximum atomic E-state index is 5.07. The van der Waals surface area contributed by atoms with Crippen molar-refractivity contribution in [2.24, 2.45) is 5.92 Å². The van der Waals surface area contributed by atoms with Gasteiger partial charge in [-0.25, -0.2) is 9.97 Å². The lowest BCUT2D eigenvalue weighted by molar-refractivity contribution is 0.198. The number of nitrogens with one attached hydrogen (secondary N) is 1. The highest BCUT2D eigenvalue weighted by atomic mass is 16.5. The van der Waals surface area contributed by atoms with Crippen LogP contribution in [0.4, 0.5) is 11.6 Å². The Morgan fingerprint density at radius 3 is 2.72 bits per heavy atom. The fourth-order valence-corrected chi connectivity index (χ4v) is 3.36. The van der Waals surface area contributed by atoms with Crippen LogP contribution in [0.15, 0.2) is 42.7 Å². The molecule has 0 amide bonds. The van der Waals surface area contributed by atoms with Crippen LogP contribution in [0, 0.1) is 5.92 Å². The smallest absolute Gasteiger partial charge is 0.134 e. The number of piperidine rings is 1. The normalized spacial score (nSPS) is 15.3. The third kappa shape index (κ3) is 5.43. The first-order valence-electron chi connectivity index (χ1n) is 9.19. The molecule has 1 saturated heterocycles. The van der Waals surface area contributed by atoms with E-state index in [2.05, 4.69) is 56.6 Å². The molecule has 1 N–H and O–H groups in total. The number of benzene rings is 1. The zero-order valence-corrected chi connectivity index (χ0v) is 15.0. The minimum Gasteiger partial charge on any atom is -0.385 e. The Morgan fingerprint density at radius 2 is 1.96 bits per heavy atom. The highest BCUT2D eigenvalue weighted by molar-refractivity contribution is 5.48. The maximum absolute atomic E-state index is 5.07. The molecule has 0 saturated carbocycles. The summed E-state index contributed by atoms with van der Waals surface area (Å²) in [7, 11) is 1.73. The number of nitrogens with zero attached hydrogens (tertiary/aromatic N) is 3. The monoisotopic (exact) mass is 340 g/mol.